The Bertz CT molecular complexity index is 1080. The van der Waals surface area contributed by atoms with Crippen LogP contribution >= 0.6 is 0 Å². The number of nitrogens with one attached hydrogen (secondary N) is 1. The number of aromatic hydroxyl groups is 1. The summed E-state index contributed by atoms with van der Waals surface area (Å²) < 4.78 is 1.16. The summed E-state index contributed by atoms with van der Waals surface area (Å²) in [5, 5.41) is 10.8. The molecule has 144 valence electrons. The van der Waals surface area contributed by atoms with E-state index in [9.17, 15) is 14.7 Å². The van der Waals surface area contributed by atoms with E-state index in [1.165, 1.54) is 0 Å². The van der Waals surface area contributed by atoms with Gasteiger partial charge in [-0.25, -0.2) is 4.79 Å². The molecule has 0 unspecified atom stereocenters. The maximum Gasteiger partial charge on any atom is 0.331 e. The summed E-state index contributed by atoms with van der Waals surface area (Å²) in [5.74, 6) is -0.363. The highest BCUT2D eigenvalue weighted by Gasteiger charge is 2.19. The molecule has 6 heteroatoms. The number of hydrogen-bond donors (Lipinski definition) is 2. The van der Waals surface area contributed by atoms with Gasteiger partial charge in [0.2, 0.25) is 5.88 Å². The average Bonchev–Trinajstić information content (AvgIpc) is 2.71. The number of aromatic nitrogens is 2. The van der Waals surface area contributed by atoms with Gasteiger partial charge in [0, 0.05) is 0 Å². The standard InChI is InChI=1S/C22H23N3O3/c1-3-18(23-15(2)17-12-8-5-9-13-17)19-20(26)24-22(28)25(21(19)27)14-16-10-6-4-7-11-16/h4-13,15,27H,3,14H2,1-2H3,(H,24,26,28)/t15-/m1/s1. The van der Waals surface area contributed by atoms with E-state index < -0.39 is 11.2 Å². The van der Waals surface area contributed by atoms with E-state index in [2.05, 4.69) is 9.98 Å². The molecule has 0 aliphatic carbocycles. The summed E-state index contributed by atoms with van der Waals surface area (Å²) in [5.41, 5.74) is 1.06. The molecule has 1 heterocycles. The first-order valence-electron chi connectivity index (χ1n) is 9.23. The lowest BCUT2D eigenvalue weighted by atomic mass is 10.1. The second-order valence-corrected chi connectivity index (χ2v) is 6.55. The summed E-state index contributed by atoms with van der Waals surface area (Å²) in [6, 6.07) is 18.8. The topological polar surface area (TPSA) is 87.4 Å². The molecule has 3 rings (SSSR count). The molecule has 28 heavy (non-hydrogen) atoms. The molecular formula is C22H23N3O3. The lowest BCUT2D eigenvalue weighted by Crippen LogP contribution is -2.34. The Balaban J connectivity index is 2.07. The van der Waals surface area contributed by atoms with Crippen LogP contribution in [0.4, 0.5) is 0 Å². The molecule has 0 fully saturated rings. The van der Waals surface area contributed by atoms with Crippen LogP contribution in [0, 0.1) is 0 Å². The highest BCUT2D eigenvalue weighted by Crippen LogP contribution is 2.21. The molecule has 0 saturated carbocycles. The number of rotatable bonds is 6. The van der Waals surface area contributed by atoms with E-state index in [1.807, 2.05) is 74.5 Å². The van der Waals surface area contributed by atoms with Gasteiger partial charge >= 0.3 is 5.69 Å². The number of hydrogen-bond acceptors (Lipinski definition) is 4. The van der Waals surface area contributed by atoms with Gasteiger partial charge in [-0.1, -0.05) is 67.6 Å². The zero-order chi connectivity index (χ0) is 20.1. The SMILES string of the molecule is CCC(=N[C@H](C)c1ccccc1)c1c(O)n(Cc2ccccc2)c(=O)[nH]c1=O. The van der Waals surface area contributed by atoms with E-state index in [-0.39, 0.29) is 24.0 Å². The van der Waals surface area contributed by atoms with Crippen LogP contribution in [0.2, 0.25) is 0 Å². The predicted molar refractivity (Wildman–Crippen MR) is 110 cm³/mol. The Morgan fingerprint density at radius 2 is 1.68 bits per heavy atom. The van der Waals surface area contributed by atoms with Gasteiger partial charge in [-0.05, 0) is 24.5 Å². The fraction of sp³-hybridized carbons (Fsp3) is 0.227. The molecule has 0 saturated heterocycles. The number of nitrogens with zero attached hydrogens (tertiary/aromatic N) is 2. The molecule has 6 nitrogen and oxygen atoms in total. The molecule has 0 spiro atoms. The van der Waals surface area contributed by atoms with Gasteiger partial charge in [-0.2, -0.15) is 0 Å². The molecule has 0 aliphatic rings. The summed E-state index contributed by atoms with van der Waals surface area (Å²) in [6.45, 7) is 3.94. The van der Waals surface area contributed by atoms with Crippen molar-refractivity contribution < 1.29 is 5.11 Å². The first-order chi connectivity index (χ1) is 13.5. The van der Waals surface area contributed by atoms with E-state index in [0.717, 1.165) is 15.7 Å². The van der Waals surface area contributed by atoms with Crippen LogP contribution in [-0.2, 0) is 6.54 Å². The van der Waals surface area contributed by atoms with Crippen molar-refractivity contribution in [1.82, 2.24) is 9.55 Å². The number of H-pyrrole nitrogens is 1. The molecule has 3 aromatic rings. The maximum atomic E-state index is 12.5. The summed E-state index contributed by atoms with van der Waals surface area (Å²) in [7, 11) is 0. The summed E-state index contributed by atoms with van der Waals surface area (Å²) in [6.07, 6.45) is 0.442. The van der Waals surface area contributed by atoms with Crippen LogP contribution in [0.25, 0.3) is 0 Å². The molecule has 0 amide bonds. The van der Waals surface area contributed by atoms with Crippen LogP contribution in [0.5, 0.6) is 5.88 Å². The highest BCUT2D eigenvalue weighted by atomic mass is 16.3. The van der Waals surface area contributed by atoms with E-state index in [1.54, 1.807) is 0 Å². The fourth-order valence-corrected chi connectivity index (χ4v) is 3.11. The maximum absolute atomic E-state index is 12.5. The normalized spacial score (nSPS) is 12.7. The van der Waals surface area contributed by atoms with E-state index in [0.29, 0.717) is 12.1 Å². The van der Waals surface area contributed by atoms with Crippen LogP contribution in [0.15, 0.2) is 75.2 Å². The third kappa shape index (κ3) is 4.11. The minimum atomic E-state index is -0.651. The van der Waals surface area contributed by atoms with Crippen LogP contribution in [-0.4, -0.2) is 20.4 Å². The Morgan fingerprint density at radius 1 is 1.07 bits per heavy atom. The minimum Gasteiger partial charge on any atom is -0.494 e. The zero-order valence-electron chi connectivity index (χ0n) is 15.9. The van der Waals surface area contributed by atoms with Crippen molar-refractivity contribution in [2.75, 3.05) is 0 Å². The summed E-state index contributed by atoms with van der Waals surface area (Å²) >= 11 is 0. The van der Waals surface area contributed by atoms with Crippen LogP contribution < -0.4 is 11.2 Å². The Morgan fingerprint density at radius 3 is 2.29 bits per heavy atom. The third-order valence-electron chi connectivity index (χ3n) is 4.61. The lowest BCUT2D eigenvalue weighted by molar-refractivity contribution is 0.407. The summed E-state index contributed by atoms with van der Waals surface area (Å²) in [4.78, 5) is 31.7. The van der Waals surface area contributed by atoms with Crippen LogP contribution in [0.3, 0.4) is 0 Å². The Labute approximate surface area is 162 Å². The second kappa shape index (κ2) is 8.52. The fourth-order valence-electron chi connectivity index (χ4n) is 3.11. The van der Waals surface area contributed by atoms with Gasteiger partial charge in [0.05, 0.1) is 18.3 Å². The third-order valence-corrected chi connectivity index (χ3v) is 4.61. The molecule has 1 atom stereocenters. The zero-order valence-corrected chi connectivity index (χ0v) is 15.9. The molecule has 0 bridgehead atoms. The molecular weight excluding hydrogens is 354 g/mol. The lowest BCUT2D eigenvalue weighted by Gasteiger charge is -2.14. The van der Waals surface area contributed by atoms with Gasteiger partial charge < -0.3 is 5.11 Å². The average molecular weight is 377 g/mol. The number of aromatic amines is 1. The number of aliphatic imine (C=N–C) groups is 1. The number of benzene rings is 2. The van der Waals surface area contributed by atoms with Crippen molar-refractivity contribution in [3.8, 4) is 5.88 Å². The van der Waals surface area contributed by atoms with Crippen molar-refractivity contribution >= 4 is 5.71 Å². The highest BCUT2D eigenvalue weighted by molar-refractivity contribution is 6.02. The van der Waals surface area contributed by atoms with Crippen molar-refractivity contribution in [1.29, 1.82) is 0 Å². The van der Waals surface area contributed by atoms with Gasteiger partial charge in [0.15, 0.2) is 0 Å². The van der Waals surface area contributed by atoms with E-state index >= 15 is 0 Å². The largest absolute Gasteiger partial charge is 0.494 e. The molecule has 2 aromatic carbocycles. The predicted octanol–water partition coefficient (Wildman–Crippen LogP) is 3.25. The van der Waals surface area contributed by atoms with Crippen molar-refractivity contribution in [2.45, 2.75) is 32.9 Å². The first kappa shape index (κ1) is 19.4. The molecule has 0 aliphatic heterocycles. The van der Waals surface area contributed by atoms with E-state index in [4.69, 9.17) is 0 Å². The molecule has 1 aromatic heterocycles. The van der Waals surface area contributed by atoms with Gasteiger partial charge in [-0.15, -0.1) is 0 Å². The second-order valence-electron chi connectivity index (χ2n) is 6.55. The van der Waals surface area contributed by atoms with Crippen LogP contribution in [0.1, 0.15) is 43.0 Å². The monoisotopic (exact) mass is 377 g/mol. The van der Waals surface area contributed by atoms with Crippen molar-refractivity contribution in [3.05, 3.63) is 98.2 Å². The van der Waals surface area contributed by atoms with Crippen molar-refractivity contribution in [3.63, 3.8) is 0 Å². The van der Waals surface area contributed by atoms with Gasteiger partial charge in [0.1, 0.15) is 5.56 Å². The smallest absolute Gasteiger partial charge is 0.331 e. The molecule has 0 radical (unpaired) electrons. The quantitative estimate of drug-likeness (QED) is 0.647. The van der Waals surface area contributed by atoms with Gasteiger partial charge in [-0.3, -0.25) is 19.3 Å². The Hall–Kier alpha value is -3.41. The van der Waals surface area contributed by atoms with Gasteiger partial charge in [0.25, 0.3) is 5.56 Å². The Kier molecular flexibility index (Phi) is 5.89. The minimum absolute atomic E-state index is 0.0424. The first-order valence-corrected chi connectivity index (χ1v) is 9.23. The molecule has 2 N–H and O–H groups in total. The van der Waals surface area contributed by atoms with Crippen molar-refractivity contribution in [2.24, 2.45) is 4.99 Å².